The highest BCUT2D eigenvalue weighted by Gasteiger charge is 2.16. The van der Waals surface area contributed by atoms with E-state index in [-0.39, 0.29) is 0 Å². The van der Waals surface area contributed by atoms with Crippen molar-refractivity contribution < 1.29 is 0 Å². The van der Waals surface area contributed by atoms with Crippen LogP contribution in [-0.4, -0.2) is 19.5 Å². The van der Waals surface area contributed by atoms with E-state index in [1.165, 1.54) is 10.4 Å². The van der Waals surface area contributed by atoms with E-state index in [2.05, 4.69) is 24.9 Å². The Morgan fingerprint density at radius 3 is 2.81 bits per heavy atom. The van der Waals surface area contributed by atoms with E-state index in [4.69, 9.17) is 9.97 Å². The van der Waals surface area contributed by atoms with Crippen molar-refractivity contribution in [3.63, 3.8) is 0 Å². The topological polar surface area (TPSA) is 43.6 Å². The van der Waals surface area contributed by atoms with E-state index >= 15 is 0 Å². The van der Waals surface area contributed by atoms with Gasteiger partial charge in [0.25, 0.3) is 0 Å². The van der Waals surface area contributed by atoms with Crippen molar-refractivity contribution in [2.45, 2.75) is 13.8 Å². The third-order valence-corrected chi connectivity index (χ3v) is 5.47. The number of aromatic nitrogens is 4. The zero-order valence-electron chi connectivity index (χ0n) is 11.6. The average molecular weight is 312 g/mol. The molecule has 4 aromatic heterocycles. The highest BCUT2D eigenvalue weighted by Crippen LogP contribution is 2.34. The van der Waals surface area contributed by atoms with Crippen LogP contribution in [0, 0.1) is 13.8 Å². The summed E-state index contributed by atoms with van der Waals surface area (Å²) in [7, 11) is 0. The van der Waals surface area contributed by atoms with Crippen molar-refractivity contribution in [3.8, 4) is 16.5 Å². The van der Waals surface area contributed by atoms with E-state index in [0.717, 1.165) is 26.7 Å². The predicted molar refractivity (Wildman–Crippen MR) is 87.3 cm³/mol. The third kappa shape index (κ3) is 1.99. The molecule has 0 N–H and O–H groups in total. The van der Waals surface area contributed by atoms with Crippen molar-refractivity contribution in [3.05, 3.63) is 46.7 Å². The summed E-state index contributed by atoms with van der Waals surface area (Å²) in [6.45, 7) is 4.26. The number of rotatable bonds is 2. The van der Waals surface area contributed by atoms with Crippen molar-refractivity contribution >= 4 is 32.9 Å². The maximum atomic E-state index is 4.79. The van der Waals surface area contributed by atoms with Gasteiger partial charge in [0.2, 0.25) is 0 Å². The van der Waals surface area contributed by atoms with E-state index in [1.807, 2.05) is 22.2 Å². The summed E-state index contributed by atoms with van der Waals surface area (Å²) < 4.78 is 1.96. The van der Waals surface area contributed by atoms with Gasteiger partial charge < -0.3 is 0 Å². The lowest BCUT2D eigenvalue weighted by Crippen LogP contribution is -1.99. The molecule has 0 fully saturated rings. The molecule has 0 radical (unpaired) electrons. The van der Waals surface area contributed by atoms with Crippen molar-refractivity contribution in [1.29, 1.82) is 0 Å². The van der Waals surface area contributed by atoms with Gasteiger partial charge in [0.05, 0.1) is 10.3 Å². The Kier molecular flexibility index (Phi) is 2.87. The minimum atomic E-state index is 0.780. The molecule has 4 heterocycles. The second kappa shape index (κ2) is 4.75. The van der Waals surface area contributed by atoms with Crippen LogP contribution in [0.1, 0.15) is 10.4 Å². The van der Waals surface area contributed by atoms with Gasteiger partial charge in [-0.2, -0.15) is 0 Å². The molecule has 4 rings (SSSR count). The second-order valence-corrected chi connectivity index (χ2v) is 6.93. The number of imidazole rings is 1. The molecule has 0 saturated heterocycles. The fourth-order valence-electron chi connectivity index (χ4n) is 2.32. The quantitative estimate of drug-likeness (QED) is 0.556. The minimum Gasteiger partial charge on any atom is -0.290 e. The predicted octanol–water partition coefficient (Wildman–Crippen LogP) is 4.22. The number of nitrogens with zero attached hydrogens (tertiary/aromatic N) is 4. The lowest BCUT2D eigenvalue weighted by Gasteiger charge is -2.06. The van der Waals surface area contributed by atoms with E-state index in [0.29, 0.717) is 0 Å². The summed E-state index contributed by atoms with van der Waals surface area (Å²) in [5.41, 5.74) is 1.25. The zero-order valence-corrected chi connectivity index (χ0v) is 13.2. The molecule has 104 valence electrons. The second-order valence-electron chi connectivity index (χ2n) is 4.78. The molecule has 0 aliphatic heterocycles. The van der Waals surface area contributed by atoms with Crippen molar-refractivity contribution in [1.82, 2.24) is 19.5 Å². The van der Waals surface area contributed by atoms with Gasteiger partial charge in [-0.25, -0.2) is 15.0 Å². The monoisotopic (exact) mass is 312 g/mol. The molecular formula is C15H12N4S2. The van der Waals surface area contributed by atoms with Gasteiger partial charge in [-0.15, -0.1) is 22.7 Å². The smallest absolute Gasteiger partial charge is 0.173 e. The molecule has 6 heteroatoms. The maximum absolute atomic E-state index is 4.79. The van der Waals surface area contributed by atoms with Crippen molar-refractivity contribution in [2.75, 3.05) is 0 Å². The highest BCUT2D eigenvalue weighted by molar-refractivity contribution is 7.19. The normalized spacial score (nSPS) is 11.3. The van der Waals surface area contributed by atoms with E-state index in [9.17, 15) is 0 Å². The first-order valence-electron chi connectivity index (χ1n) is 6.54. The number of aryl methyl sites for hydroxylation is 2. The van der Waals surface area contributed by atoms with Crippen LogP contribution in [0.5, 0.6) is 0 Å². The summed E-state index contributed by atoms with van der Waals surface area (Å²) in [6, 6.07) is 4.08. The molecule has 0 atom stereocenters. The molecule has 0 aromatic carbocycles. The Morgan fingerprint density at radius 2 is 2.10 bits per heavy atom. The molecule has 4 nitrogen and oxygen atoms in total. The van der Waals surface area contributed by atoms with Crippen molar-refractivity contribution in [2.24, 2.45) is 0 Å². The van der Waals surface area contributed by atoms with Crippen LogP contribution in [0.25, 0.3) is 26.7 Å². The van der Waals surface area contributed by atoms with Gasteiger partial charge in [-0.05, 0) is 30.9 Å². The molecule has 0 amide bonds. The van der Waals surface area contributed by atoms with E-state index < -0.39 is 0 Å². The van der Waals surface area contributed by atoms with Gasteiger partial charge in [-0.1, -0.05) is 6.07 Å². The van der Waals surface area contributed by atoms with Crippen LogP contribution in [0.3, 0.4) is 0 Å². The summed E-state index contributed by atoms with van der Waals surface area (Å²) in [5.74, 6) is 1.69. The first kappa shape index (κ1) is 12.7. The molecule has 0 spiro atoms. The standard InChI is InChI=1S/C15H12N4S2/c1-9-10(2)21-15-12(9)14(19-6-5-16-8-19)17-13(18-15)11-4-3-7-20-11/h3-8H,1-2H3. The Morgan fingerprint density at radius 1 is 1.19 bits per heavy atom. The van der Waals surface area contributed by atoms with Crippen LogP contribution in [0.15, 0.2) is 36.2 Å². The molecule has 21 heavy (non-hydrogen) atoms. The van der Waals surface area contributed by atoms with Gasteiger partial charge in [-0.3, -0.25) is 4.57 Å². The summed E-state index contributed by atoms with van der Waals surface area (Å²) >= 11 is 3.38. The summed E-state index contributed by atoms with van der Waals surface area (Å²) in [6.07, 6.45) is 5.48. The van der Waals surface area contributed by atoms with Crippen LogP contribution in [0.4, 0.5) is 0 Å². The Hall–Kier alpha value is -2.05. The third-order valence-electron chi connectivity index (χ3n) is 3.50. The Bertz CT molecular complexity index is 905. The lowest BCUT2D eigenvalue weighted by atomic mass is 10.2. The van der Waals surface area contributed by atoms with Crippen LogP contribution < -0.4 is 0 Å². The average Bonchev–Trinajstić information content (AvgIpc) is 3.21. The molecule has 0 aliphatic carbocycles. The molecule has 0 saturated carbocycles. The molecule has 0 bridgehead atoms. The van der Waals surface area contributed by atoms with Crippen LogP contribution in [0.2, 0.25) is 0 Å². The van der Waals surface area contributed by atoms with Crippen LogP contribution >= 0.6 is 22.7 Å². The Labute approximate surface area is 129 Å². The van der Waals surface area contributed by atoms with Crippen LogP contribution in [-0.2, 0) is 0 Å². The lowest BCUT2D eigenvalue weighted by molar-refractivity contribution is 0.998. The van der Waals surface area contributed by atoms with Gasteiger partial charge in [0.15, 0.2) is 11.6 Å². The highest BCUT2D eigenvalue weighted by atomic mass is 32.1. The zero-order chi connectivity index (χ0) is 14.4. The van der Waals surface area contributed by atoms with Gasteiger partial charge in [0.1, 0.15) is 11.2 Å². The minimum absolute atomic E-state index is 0.780. The first-order valence-corrected chi connectivity index (χ1v) is 8.23. The Balaban J connectivity index is 2.08. The van der Waals surface area contributed by atoms with Gasteiger partial charge >= 0.3 is 0 Å². The fourth-order valence-corrected chi connectivity index (χ4v) is 4.00. The fraction of sp³-hybridized carbons (Fsp3) is 0.133. The molecule has 0 aliphatic rings. The molecular weight excluding hydrogens is 300 g/mol. The SMILES string of the molecule is Cc1sc2nc(-c3cccs3)nc(-n3ccnc3)c2c1C. The number of hydrogen-bond donors (Lipinski definition) is 0. The van der Waals surface area contributed by atoms with Gasteiger partial charge in [0, 0.05) is 17.3 Å². The first-order chi connectivity index (χ1) is 10.2. The summed E-state index contributed by atoms with van der Waals surface area (Å²) in [5, 5.41) is 3.17. The largest absolute Gasteiger partial charge is 0.290 e. The number of thiophene rings is 2. The number of hydrogen-bond acceptors (Lipinski definition) is 5. The molecule has 0 unspecified atom stereocenters. The summed E-state index contributed by atoms with van der Waals surface area (Å²) in [4.78, 5) is 17.1. The van der Waals surface area contributed by atoms with E-state index in [1.54, 1.807) is 35.2 Å². The maximum Gasteiger partial charge on any atom is 0.173 e. The number of fused-ring (bicyclic) bond motifs is 1. The molecule has 4 aromatic rings.